The number of rotatable bonds is 7. The minimum absolute atomic E-state index is 0.0540. The first kappa shape index (κ1) is 22.7. The molecule has 158 valence electrons. The number of nitrogens with one attached hydrogen (secondary N) is 1. The molecule has 0 aliphatic heterocycles. The van der Waals surface area contributed by atoms with Crippen LogP contribution in [0.4, 0.5) is 13.2 Å². The summed E-state index contributed by atoms with van der Waals surface area (Å²) in [6, 6.07) is 10.8. The Morgan fingerprint density at radius 3 is 2.07 bits per heavy atom. The standard InChI is InChI=1S/C19H21F3N2O4S/c1-24(2)17(13-4-8-15(28-3)9-5-13)12-23-18(25)14-6-10-16(11-7-14)29(26,27)19(20,21)22/h4-11,17H,12H2,1-3H3,(H,23,25). The molecule has 0 radical (unpaired) electrons. The normalized spacial score (nSPS) is 13.2. The summed E-state index contributed by atoms with van der Waals surface area (Å²) in [5, 5.41) is 2.71. The molecule has 0 spiro atoms. The molecule has 0 saturated heterocycles. The quantitative estimate of drug-likeness (QED) is 0.731. The Morgan fingerprint density at radius 1 is 1.07 bits per heavy atom. The average Bonchev–Trinajstić information content (AvgIpc) is 2.67. The maximum atomic E-state index is 12.6. The van der Waals surface area contributed by atoms with Crippen LogP contribution in [0, 0.1) is 0 Å². The van der Waals surface area contributed by atoms with Gasteiger partial charge in [0, 0.05) is 12.1 Å². The van der Waals surface area contributed by atoms with Crippen molar-refractivity contribution in [3.05, 3.63) is 59.7 Å². The number of alkyl halides is 3. The molecule has 0 aliphatic rings. The highest BCUT2D eigenvalue weighted by Gasteiger charge is 2.46. The van der Waals surface area contributed by atoms with Crippen molar-refractivity contribution in [2.45, 2.75) is 16.4 Å². The third-order valence-corrected chi connectivity index (χ3v) is 5.81. The fraction of sp³-hybridized carbons (Fsp3) is 0.316. The van der Waals surface area contributed by atoms with Crippen LogP contribution < -0.4 is 10.1 Å². The molecule has 2 aromatic rings. The molecular weight excluding hydrogens is 409 g/mol. The summed E-state index contributed by atoms with van der Waals surface area (Å²) in [6.07, 6.45) is 0. The van der Waals surface area contributed by atoms with E-state index in [2.05, 4.69) is 5.32 Å². The number of methoxy groups -OCH3 is 1. The number of ether oxygens (including phenoxy) is 1. The van der Waals surface area contributed by atoms with Crippen LogP contribution in [-0.4, -0.2) is 52.5 Å². The van der Waals surface area contributed by atoms with E-state index >= 15 is 0 Å². The highest BCUT2D eigenvalue weighted by molar-refractivity contribution is 7.92. The van der Waals surface area contributed by atoms with Crippen LogP contribution in [0.3, 0.4) is 0 Å². The molecule has 29 heavy (non-hydrogen) atoms. The van der Waals surface area contributed by atoms with Gasteiger partial charge in [-0.05, 0) is 56.1 Å². The summed E-state index contributed by atoms with van der Waals surface area (Å²) < 4.78 is 65.7. The summed E-state index contributed by atoms with van der Waals surface area (Å²) in [5.41, 5.74) is -4.41. The Balaban J connectivity index is 2.10. The number of likely N-dealkylation sites (N-methyl/N-ethyl adjacent to an activating group) is 1. The van der Waals surface area contributed by atoms with E-state index in [9.17, 15) is 26.4 Å². The van der Waals surface area contributed by atoms with E-state index in [0.717, 1.165) is 29.8 Å². The van der Waals surface area contributed by atoms with E-state index in [1.807, 2.05) is 31.1 Å². The number of amides is 1. The zero-order chi connectivity index (χ0) is 21.8. The summed E-state index contributed by atoms with van der Waals surface area (Å²) in [5.74, 6) is 0.172. The van der Waals surface area contributed by atoms with Gasteiger partial charge >= 0.3 is 5.51 Å². The molecule has 0 fully saturated rings. The van der Waals surface area contributed by atoms with Gasteiger partial charge in [-0.1, -0.05) is 12.1 Å². The number of benzene rings is 2. The van der Waals surface area contributed by atoms with E-state index in [-0.39, 0.29) is 18.2 Å². The predicted octanol–water partition coefficient (Wildman–Crippen LogP) is 3.02. The van der Waals surface area contributed by atoms with Gasteiger partial charge in [0.2, 0.25) is 0 Å². The van der Waals surface area contributed by atoms with Gasteiger partial charge in [0.15, 0.2) is 0 Å². The van der Waals surface area contributed by atoms with E-state index in [1.54, 1.807) is 19.2 Å². The third-order valence-electron chi connectivity index (χ3n) is 4.31. The topological polar surface area (TPSA) is 75.7 Å². The molecule has 0 saturated carbocycles. The van der Waals surface area contributed by atoms with E-state index in [4.69, 9.17) is 4.74 Å². The first-order valence-electron chi connectivity index (χ1n) is 8.47. The minimum atomic E-state index is -5.45. The third kappa shape index (κ3) is 5.27. The Kier molecular flexibility index (Phi) is 6.91. The van der Waals surface area contributed by atoms with Crippen LogP contribution in [0.25, 0.3) is 0 Å². The zero-order valence-electron chi connectivity index (χ0n) is 16.0. The highest BCUT2D eigenvalue weighted by atomic mass is 32.2. The van der Waals surface area contributed by atoms with Crippen LogP contribution in [0.5, 0.6) is 5.75 Å². The van der Waals surface area contributed by atoms with Gasteiger partial charge in [-0.3, -0.25) is 4.79 Å². The van der Waals surface area contributed by atoms with Gasteiger partial charge in [0.25, 0.3) is 15.7 Å². The van der Waals surface area contributed by atoms with Gasteiger partial charge in [-0.25, -0.2) is 8.42 Å². The average molecular weight is 430 g/mol. The van der Waals surface area contributed by atoms with Crippen molar-refractivity contribution >= 4 is 15.7 Å². The highest BCUT2D eigenvalue weighted by Crippen LogP contribution is 2.30. The predicted molar refractivity (Wildman–Crippen MR) is 101 cm³/mol. The second kappa shape index (κ2) is 8.83. The van der Waals surface area contributed by atoms with Crippen LogP contribution >= 0.6 is 0 Å². The lowest BCUT2D eigenvalue weighted by atomic mass is 10.1. The van der Waals surface area contributed by atoms with Crippen LogP contribution in [-0.2, 0) is 9.84 Å². The lowest BCUT2D eigenvalue weighted by molar-refractivity contribution is -0.0436. The summed E-state index contributed by atoms with van der Waals surface area (Å²) in [7, 11) is -0.197. The van der Waals surface area contributed by atoms with Gasteiger partial charge in [0.05, 0.1) is 18.0 Å². The number of nitrogens with zero attached hydrogens (tertiary/aromatic N) is 1. The summed E-state index contributed by atoms with van der Waals surface area (Å²) in [4.78, 5) is 13.3. The Morgan fingerprint density at radius 2 is 1.62 bits per heavy atom. The van der Waals surface area contributed by atoms with Crippen molar-refractivity contribution in [2.75, 3.05) is 27.7 Å². The first-order chi connectivity index (χ1) is 13.5. The first-order valence-corrected chi connectivity index (χ1v) is 9.95. The van der Waals surface area contributed by atoms with Gasteiger partial charge < -0.3 is 15.0 Å². The fourth-order valence-electron chi connectivity index (χ4n) is 2.64. The molecule has 1 amide bonds. The number of carbonyl (C=O) groups excluding carboxylic acids is 1. The zero-order valence-corrected chi connectivity index (χ0v) is 16.8. The monoisotopic (exact) mass is 430 g/mol. The molecule has 0 aromatic heterocycles. The smallest absolute Gasteiger partial charge is 0.497 e. The minimum Gasteiger partial charge on any atom is -0.497 e. The Bertz CT molecular complexity index is 941. The molecule has 1 unspecified atom stereocenters. The van der Waals surface area contributed by atoms with Crippen molar-refractivity contribution in [3.63, 3.8) is 0 Å². The lowest BCUT2D eigenvalue weighted by Crippen LogP contribution is -2.34. The SMILES string of the molecule is COc1ccc(C(CNC(=O)c2ccc(S(=O)(=O)C(F)(F)F)cc2)N(C)C)cc1. The van der Waals surface area contributed by atoms with Gasteiger partial charge in [0.1, 0.15) is 5.75 Å². The van der Waals surface area contributed by atoms with Crippen LogP contribution in [0.1, 0.15) is 22.0 Å². The number of sulfone groups is 1. The maximum absolute atomic E-state index is 12.6. The molecule has 2 aromatic carbocycles. The number of hydrogen-bond donors (Lipinski definition) is 1. The van der Waals surface area contributed by atoms with Crippen LogP contribution in [0.15, 0.2) is 53.4 Å². The van der Waals surface area contributed by atoms with Crippen molar-refractivity contribution in [3.8, 4) is 5.75 Å². The number of halogens is 3. The summed E-state index contributed by atoms with van der Waals surface area (Å²) >= 11 is 0. The Hall–Kier alpha value is -2.59. The van der Waals surface area contributed by atoms with Gasteiger partial charge in [-0.15, -0.1) is 0 Å². The van der Waals surface area contributed by atoms with Crippen molar-refractivity contribution in [1.82, 2.24) is 10.2 Å². The van der Waals surface area contributed by atoms with Crippen LogP contribution in [0.2, 0.25) is 0 Å². The Labute approximate surface area is 167 Å². The molecule has 0 heterocycles. The van der Waals surface area contributed by atoms with E-state index in [1.165, 1.54) is 0 Å². The molecule has 1 N–H and O–H groups in total. The van der Waals surface area contributed by atoms with Crippen molar-refractivity contribution in [1.29, 1.82) is 0 Å². The second-order valence-corrected chi connectivity index (χ2v) is 8.38. The molecule has 2 rings (SSSR count). The maximum Gasteiger partial charge on any atom is 0.501 e. The molecular formula is C19H21F3N2O4S. The van der Waals surface area contributed by atoms with Gasteiger partial charge in [-0.2, -0.15) is 13.2 Å². The second-order valence-electron chi connectivity index (χ2n) is 6.44. The molecule has 6 nitrogen and oxygen atoms in total. The van der Waals surface area contributed by atoms with E-state index in [0.29, 0.717) is 5.75 Å². The molecule has 0 aliphatic carbocycles. The molecule has 10 heteroatoms. The largest absolute Gasteiger partial charge is 0.501 e. The molecule has 0 bridgehead atoms. The van der Waals surface area contributed by atoms with E-state index < -0.39 is 26.1 Å². The summed E-state index contributed by atoms with van der Waals surface area (Å²) in [6.45, 7) is 0.237. The van der Waals surface area contributed by atoms with Crippen molar-refractivity contribution in [2.24, 2.45) is 0 Å². The number of hydrogen-bond acceptors (Lipinski definition) is 5. The lowest BCUT2D eigenvalue weighted by Gasteiger charge is -2.25. The fourth-order valence-corrected chi connectivity index (χ4v) is 3.40. The number of carbonyl (C=O) groups is 1. The van der Waals surface area contributed by atoms with Crippen molar-refractivity contribution < 1.29 is 31.1 Å². The molecule has 1 atom stereocenters.